The van der Waals surface area contributed by atoms with Crippen LogP contribution in [-0.4, -0.2) is 15.0 Å². The second-order valence-electron chi connectivity index (χ2n) is 3.74. The zero-order valence-electron chi connectivity index (χ0n) is 9.29. The Balaban J connectivity index is 1.99. The summed E-state index contributed by atoms with van der Waals surface area (Å²) in [7, 11) is -3.33. The topological polar surface area (TPSA) is 46.2 Å². The fourth-order valence-electron chi connectivity index (χ4n) is 1.40. The molecule has 6 heteroatoms. The van der Waals surface area contributed by atoms with Crippen molar-refractivity contribution in [1.29, 1.82) is 0 Å². The molecule has 1 atom stereocenters. The molecular formula is C11H13NO2S3. The van der Waals surface area contributed by atoms with Crippen molar-refractivity contribution >= 4 is 32.7 Å². The average molecular weight is 287 g/mol. The number of thiophene rings is 2. The van der Waals surface area contributed by atoms with Crippen LogP contribution in [0.15, 0.2) is 38.5 Å². The van der Waals surface area contributed by atoms with E-state index in [0.717, 1.165) is 0 Å². The lowest BCUT2D eigenvalue weighted by atomic mass is 10.1. The lowest BCUT2D eigenvalue weighted by Crippen LogP contribution is -2.26. The second kappa shape index (κ2) is 5.30. The Morgan fingerprint density at radius 2 is 2.18 bits per heavy atom. The minimum atomic E-state index is -3.33. The van der Waals surface area contributed by atoms with Crippen LogP contribution < -0.4 is 4.72 Å². The van der Waals surface area contributed by atoms with Gasteiger partial charge in [0.15, 0.2) is 0 Å². The van der Waals surface area contributed by atoms with E-state index in [9.17, 15) is 8.42 Å². The van der Waals surface area contributed by atoms with E-state index >= 15 is 0 Å². The quantitative estimate of drug-likeness (QED) is 0.919. The molecule has 2 heterocycles. The number of rotatable bonds is 5. The summed E-state index contributed by atoms with van der Waals surface area (Å²) in [6, 6.07) is 5.37. The summed E-state index contributed by atoms with van der Waals surface area (Å²) in [6.45, 7) is 2.44. The fraction of sp³-hybridized carbons (Fsp3) is 0.273. The van der Waals surface area contributed by atoms with Gasteiger partial charge in [-0.15, -0.1) is 11.3 Å². The first-order valence-corrected chi connectivity index (χ1v) is 8.45. The molecule has 0 aliphatic carbocycles. The van der Waals surface area contributed by atoms with Crippen molar-refractivity contribution in [2.75, 3.05) is 6.54 Å². The molecule has 0 aromatic carbocycles. The van der Waals surface area contributed by atoms with Gasteiger partial charge in [0.25, 0.3) is 0 Å². The van der Waals surface area contributed by atoms with Gasteiger partial charge in [0, 0.05) is 6.54 Å². The first kappa shape index (κ1) is 12.8. The van der Waals surface area contributed by atoms with Gasteiger partial charge in [-0.25, -0.2) is 13.1 Å². The van der Waals surface area contributed by atoms with Crippen LogP contribution in [0.25, 0.3) is 0 Å². The summed E-state index contributed by atoms with van der Waals surface area (Å²) >= 11 is 2.85. The number of nitrogens with one attached hydrogen (secondary N) is 1. The number of hydrogen-bond acceptors (Lipinski definition) is 4. The molecule has 0 aliphatic heterocycles. The predicted molar refractivity (Wildman–Crippen MR) is 72.2 cm³/mol. The standard InChI is InChI=1S/C11H13NO2S3/c1-9(10-4-6-15-8-10)7-12-17(13,14)11-3-2-5-16-11/h2-6,8-9,12H,7H2,1H3/t9-/m0/s1. The summed E-state index contributed by atoms with van der Waals surface area (Å²) in [5.74, 6) is 0.191. The summed E-state index contributed by atoms with van der Waals surface area (Å²) in [5.41, 5.74) is 1.17. The van der Waals surface area contributed by atoms with Crippen molar-refractivity contribution in [1.82, 2.24) is 4.72 Å². The Morgan fingerprint density at radius 3 is 2.76 bits per heavy atom. The van der Waals surface area contributed by atoms with Crippen LogP contribution in [0.4, 0.5) is 0 Å². The van der Waals surface area contributed by atoms with Gasteiger partial charge in [-0.3, -0.25) is 0 Å². The first-order valence-electron chi connectivity index (χ1n) is 5.15. The van der Waals surface area contributed by atoms with Gasteiger partial charge in [0.2, 0.25) is 10.0 Å². The molecule has 0 aliphatic rings. The Labute approximate surface area is 109 Å². The third-order valence-corrected chi connectivity index (χ3v) is 5.97. The molecule has 17 heavy (non-hydrogen) atoms. The predicted octanol–water partition coefficient (Wildman–Crippen LogP) is 2.89. The molecule has 0 saturated heterocycles. The molecule has 0 fully saturated rings. The summed E-state index contributed by atoms with van der Waals surface area (Å²) in [5, 5.41) is 5.81. The second-order valence-corrected chi connectivity index (χ2v) is 7.46. The van der Waals surface area contributed by atoms with E-state index in [1.54, 1.807) is 28.8 Å². The van der Waals surface area contributed by atoms with Crippen LogP contribution in [0.1, 0.15) is 18.4 Å². The van der Waals surface area contributed by atoms with Crippen molar-refractivity contribution in [2.24, 2.45) is 0 Å². The van der Waals surface area contributed by atoms with E-state index in [4.69, 9.17) is 0 Å². The van der Waals surface area contributed by atoms with Gasteiger partial charge >= 0.3 is 0 Å². The zero-order valence-corrected chi connectivity index (χ0v) is 11.7. The monoisotopic (exact) mass is 287 g/mol. The van der Waals surface area contributed by atoms with E-state index in [1.807, 2.05) is 23.8 Å². The van der Waals surface area contributed by atoms with Crippen LogP contribution >= 0.6 is 22.7 Å². The van der Waals surface area contributed by atoms with Crippen LogP contribution in [0.5, 0.6) is 0 Å². The molecule has 3 nitrogen and oxygen atoms in total. The lowest BCUT2D eigenvalue weighted by Gasteiger charge is -2.10. The Bertz CT molecular complexity index is 544. The Hall–Kier alpha value is -0.690. The molecule has 0 radical (unpaired) electrons. The molecule has 0 bridgehead atoms. The summed E-state index contributed by atoms with van der Waals surface area (Å²) in [4.78, 5) is 0. The largest absolute Gasteiger partial charge is 0.250 e. The van der Waals surface area contributed by atoms with Crippen molar-refractivity contribution in [3.05, 3.63) is 39.9 Å². The molecule has 2 aromatic rings. The molecular weight excluding hydrogens is 274 g/mol. The van der Waals surface area contributed by atoms with Crippen molar-refractivity contribution in [2.45, 2.75) is 17.1 Å². The van der Waals surface area contributed by atoms with E-state index < -0.39 is 10.0 Å². The van der Waals surface area contributed by atoms with Gasteiger partial charge in [-0.05, 0) is 39.8 Å². The highest BCUT2D eigenvalue weighted by Gasteiger charge is 2.16. The van der Waals surface area contributed by atoms with Crippen molar-refractivity contribution in [3.8, 4) is 0 Å². The summed E-state index contributed by atoms with van der Waals surface area (Å²) < 4.78 is 26.7. The SMILES string of the molecule is C[C@@H](CNS(=O)(=O)c1cccs1)c1ccsc1. The zero-order chi connectivity index (χ0) is 12.3. The molecule has 2 aromatic heterocycles. The Morgan fingerprint density at radius 1 is 1.35 bits per heavy atom. The van der Waals surface area contributed by atoms with Crippen LogP contribution in [0, 0.1) is 0 Å². The van der Waals surface area contributed by atoms with Gasteiger partial charge in [0.05, 0.1) is 0 Å². The minimum Gasteiger partial charge on any atom is -0.210 e. The molecule has 0 saturated carbocycles. The van der Waals surface area contributed by atoms with E-state index in [-0.39, 0.29) is 5.92 Å². The van der Waals surface area contributed by atoms with Gasteiger partial charge in [0.1, 0.15) is 4.21 Å². The van der Waals surface area contributed by atoms with Gasteiger partial charge in [-0.1, -0.05) is 13.0 Å². The third-order valence-electron chi connectivity index (χ3n) is 2.45. The molecule has 0 spiro atoms. The highest BCUT2D eigenvalue weighted by Crippen LogP contribution is 2.19. The van der Waals surface area contributed by atoms with Crippen LogP contribution in [0.2, 0.25) is 0 Å². The van der Waals surface area contributed by atoms with Crippen molar-refractivity contribution < 1.29 is 8.42 Å². The maximum atomic E-state index is 11.9. The number of sulfonamides is 1. The van der Waals surface area contributed by atoms with Gasteiger partial charge < -0.3 is 0 Å². The van der Waals surface area contributed by atoms with E-state index in [2.05, 4.69) is 4.72 Å². The fourth-order valence-corrected chi connectivity index (χ4v) is 4.35. The molecule has 0 amide bonds. The lowest BCUT2D eigenvalue weighted by molar-refractivity contribution is 0.577. The third kappa shape index (κ3) is 3.16. The highest BCUT2D eigenvalue weighted by molar-refractivity contribution is 7.91. The van der Waals surface area contributed by atoms with E-state index in [1.165, 1.54) is 16.9 Å². The molecule has 92 valence electrons. The van der Waals surface area contributed by atoms with Crippen LogP contribution in [0.3, 0.4) is 0 Å². The Kier molecular flexibility index (Phi) is 3.98. The normalized spacial score (nSPS) is 13.7. The van der Waals surface area contributed by atoms with Crippen LogP contribution in [-0.2, 0) is 10.0 Å². The van der Waals surface area contributed by atoms with Gasteiger partial charge in [-0.2, -0.15) is 11.3 Å². The molecule has 2 rings (SSSR count). The molecule has 1 N–H and O–H groups in total. The maximum absolute atomic E-state index is 11.9. The number of hydrogen-bond donors (Lipinski definition) is 1. The molecule has 0 unspecified atom stereocenters. The first-order chi connectivity index (χ1) is 8.09. The average Bonchev–Trinajstić information content (AvgIpc) is 2.97. The highest BCUT2D eigenvalue weighted by atomic mass is 32.2. The minimum absolute atomic E-state index is 0.191. The van der Waals surface area contributed by atoms with Crippen molar-refractivity contribution in [3.63, 3.8) is 0 Å². The summed E-state index contributed by atoms with van der Waals surface area (Å²) in [6.07, 6.45) is 0. The van der Waals surface area contributed by atoms with E-state index in [0.29, 0.717) is 10.8 Å². The maximum Gasteiger partial charge on any atom is 0.250 e. The smallest absolute Gasteiger partial charge is 0.210 e.